The van der Waals surface area contributed by atoms with Crippen LogP contribution in [0.4, 0.5) is 0 Å². The van der Waals surface area contributed by atoms with Crippen LogP contribution in [-0.4, -0.2) is 13.7 Å². The minimum atomic E-state index is -3.09. The maximum Gasteiger partial charge on any atom is 0.157 e. The Morgan fingerprint density at radius 1 is 1.22 bits per heavy atom. The van der Waals surface area contributed by atoms with Gasteiger partial charge in [0.1, 0.15) is 0 Å². The lowest BCUT2D eigenvalue weighted by Crippen LogP contribution is -2.22. The summed E-state index contributed by atoms with van der Waals surface area (Å²) in [5.41, 5.74) is 1.31. The first-order valence-electron chi connectivity index (χ1n) is 6.24. The van der Waals surface area contributed by atoms with E-state index in [-0.39, 0.29) is 11.0 Å². The van der Waals surface area contributed by atoms with Crippen molar-refractivity contribution in [1.29, 1.82) is 5.26 Å². The Bertz CT molecular complexity index is 512. The molecule has 0 spiro atoms. The van der Waals surface area contributed by atoms with E-state index in [4.69, 9.17) is 5.26 Å². The molecule has 0 saturated carbocycles. The van der Waals surface area contributed by atoms with Crippen molar-refractivity contribution in [3.63, 3.8) is 0 Å². The van der Waals surface area contributed by atoms with Gasteiger partial charge < -0.3 is 0 Å². The summed E-state index contributed by atoms with van der Waals surface area (Å²) in [7, 11) is -3.09. The Morgan fingerprint density at radius 2 is 1.83 bits per heavy atom. The Hall–Kier alpha value is -1.34. The third kappa shape index (κ3) is 3.85. The Balaban J connectivity index is 2.84. The third-order valence-electron chi connectivity index (χ3n) is 3.02. The van der Waals surface area contributed by atoms with Crippen molar-refractivity contribution in [3.8, 4) is 6.07 Å². The number of rotatable bonds is 6. The quantitative estimate of drug-likeness (QED) is 0.794. The van der Waals surface area contributed by atoms with Crippen LogP contribution >= 0.6 is 0 Å². The summed E-state index contributed by atoms with van der Waals surface area (Å²) in [5.74, 6) is 0.0667. The lowest BCUT2D eigenvalue weighted by molar-refractivity contribution is 0.563. The first-order valence-corrected chi connectivity index (χ1v) is 7.95. The molecule has 98 valence electrons. The zero-order valence-corrected chi connectivity index (χ0v) is 11.7. The Kier molecular flexibility index (Phi) is 5.36. The fourth-order valence-electron chi connectivity index (χ4n) is 1.99. The van der Waals surface area contributed by atoms with Crippen molar-refractivity contribution in [2.75, 3.05) is 0 Å². The molecule has 0 unspecified atom stereocenters. The summed E-state index contributed by atoms with van der Waals surface area (Å²) in [4.78, 5) is 0. The van der Waals surface area contributed by atoms with E-state index in [1.807, 2.05) is 19.9 Å². The van der Waals surface area contributed by atoms with Crippen LogP contribution in [0.2, 0.25) is 0 Å². The fraction of sp³-hybridized carbons (Fsp3) is 0.500. The maximum absolute atomic E-state index is 12.2. The number of benzene rings is 1. The van der Waals surface area contributed by atoms with Gasteiger partial charge in [-0.05, 0) is 30.5 Å². The molecule has 4 heteroatoms. The van der Waals surface area contributed by atoms with Crippen molar-refractivity contribution in [1.82, 2.24) is 0 Å². The number of hydrogen-bond donors (Lipinski definition) is 0. The van der Waals surface area contributed by atoms with Crippen LogP contribution in [0.15, 0.2) is 24.3 Å². The second kappa shape index (κ2) is 6.55. The summed E-state index contributed by atoms with van der Waals surface area (Å²) in [5, 5.41) is 8.44. The van der Waals surface area contributed by atoms with Gasteiger partial charge in [-0.1, -0.05) is 32.4 Å². The van der Waals surface area contributed by atoms with Gasteiger partial charge in [0.05, 0.1) is 22.6 Å². The molecule has 1 atom stereocenters. The summed E-state index contributed by atoms with van der Waals surface area (Å²) in [6.07, 6.45) is 2.26. The summed E-state index contributed by atoms with van der Waals surface area (Å²) < 4.78 is 24.4. The second-order valence-electron chi connectivity index (χ2n) is 4.43. The van der Waals surface area contributed by atoms with E-state index in [2.05, 4.69) is 0 Å². The van der Waals surface area contributed by atoms with Gasteiger partial charge in [-0.2, -0.15) is 5.26 Å². The predicted molar refractivity (Wildman–Crippen MR) is 72.8 cm³/mol. The van der Waals surface area contributed by atoms with E-state index < -0.39 is 9.84 Å². The van der Waals surface area contributed by atoms with E-state index in [0.29, 0.717) is 12.0 Å². The van der Waals surface area contributed by atoms with Crippen LogP contribution in [0, 0.1) is 11.3 Å². The number of nitrogens with zero attached hydrogens (tertiary/aromatic N) is 1. The van der Waals surface area contributed by atoms with E-state index in [1.54, 1.807) is 24.3 Å². The standard InChI is InChI=1S/C14H19NO2S/c1-3-5-14(4-2)18(16,17)11-13-8-6-12(10-15)7-9-13/h6-9,14H,3-5,11H2,1-2H3/t14-/m1/s1. The zero-order valence-electron chi connectivity index (χ0n) is 10.9. The number of hydrogen-bond acceptors (Lipinski definition) is 3. The zero-order chi connectivity index (χ0) is 13.6. The topological polar surface area (TPSA) is 57.9 Å². The molecular formula is C14H19NO2S. The van der Waals surface area contributed by atoms with Gasteiger partial charge in [0.2, 0.25) is 0 Å². The van der Waals surface area contributed by atoms with Crippen LogP contribution in [0.25, 0.3) is 0 Å². The molecule has 0 aliphatic rings. The van der Waals surface area contributed by atoms with Crippen molar-refractivity contribution in [3.05, 3.63) is 35.4 Å². The van der Waals surface area contributed by atoms with Crippen LogP contribution < -0.4 is 0 Å². The molecule has 1 rings (SSSR count). The molecule has 0 amide bonds. The molecule has 3 nitrogen and oxygen atoms in total. The first kappa shape index (κ1) is 14.7. The Morgan fingerprint density at radius 3 is 2.28 bits per heavy atom. The number of sulfone groups is 1. The van der Waals surface area contributed by atoms with Gasteiger partial charge in [-0.25, -0.2) is 8.42 Å². The van der Waals surface area contributed by atoms with E-state index in [0.717, 1.165) is 18.4 Å². The van der Waals surface area contributed by atoms with Gasteiger partial charge in [0.25, 0.3) is 0 Å². The molecule has 0 radical (unpaired) electrons. The van der Waals surface area contributed by atoms with Crippen molar-refractivity contribution in [2.45, 2.75) is 44.1 Å². The first-order chi connectivity index (χ1) is 8.53. The average molecular weight is 265 g/mol. The lowest BCUT2D eigenvalue weighted by atomic mass is 10.2. The van der Waals surface area contributed by atoms with Gasteiger partial charge >= 0.3 is 0 Å². The summed E-state index contributed by atoms with van der Waals surface area (Å²) >= 11 is 0. The van der Waals surface area contributed by atoms with Gasteiger partial charge in [-0.15, -0.1) is 0 Å². The van der Waals surface area contributed by atoms with Gasteiger partial charge in [0, 0.05) is 0 Å². The molecule has 0 aromatic heterocycles. The van der Waals surface area contributed by atoms with Crippen LogP contribution in [0.1, 0.15) is 44.2 Å². The van der Waals surface area contributed by atoms with Gasteiger partial charge in [-0.3, -0.25) is 0 Å². The molecule has 0 fully saturated rings. The highest BCUT2D eigenvalue weighted by Crippen LogP contribution is 2.18. The molecule has 0 heterocycles. The lowest BCUT2D eigenvalue weighted by Gasteiger charge is -2.14. The molecule has 0 N–H and O–H groups in total. The highest BCUT2D eigenvalue weighted by atomic mass is 32.2. The van der Waals surface area contributed by atoms with Gasteiger partial charge in [0.15, 0.2) is 9.84 Å². The van der Waals surface area contributed by atoms with E-state index >= 15 is 0 Å². The molecule has 1 aromatic carbocycles. The van der Waals surface area contributed by atoms with Crippen molar-refractivity contribution >= 4 is 9.84 Å². The molecule has 0 bridgehead atoms. The normalized spacial score (nSPS) is 12.9. The number of nitriles is 1. The average Bonchev–Trinajstić information content (AvgIpc) is 2.36. The SMILES string of the molecule is CCC[C@@H](CC)S(=O)(=O)Cc1ccc(C#N)cc1. The monoisotopic (exact) mass is 265 g/mol. The van der Waals surface area contributed by atoms with Crippen LogP contribution in [0.3, 0.4) is 0 Å². The largest absolute Gasteiger partial charge is 0.228 e. The molecule has 0 saturated heterocycles. The van der Waals surface area contributed by atoms with Crippen LogP contribution in [-0.2, 0) is 15.6 Å². The fourth-order valence-corrected chi connectivity index (χ4v) is 3.98. The smallest absolute Gasteiger partial charge is 0.157 e. The molecule has 1 aromatic rings. The van der Waals surface area contributed by atoms with E-state index in [9.17, 15) is 8.42 Å². The van der Waals surface area contributed by atoms with Crippen LogP contribution in [0.5, 0.6) is 0 Å². The predicted octanol–water partition coefficient (Wildman–Crippen LogP) is 3.05. The molecule has 18 heavy (non-hydrogen) atoms. The highest BCUT2D eigenvalue weighted by molar-refractivity contribution is 7.91. The second-order valence-corrected chi connectivity index (χ2v) is 6.72. The summed E-state index contributed by atoms with van der Waals surface area (Å²) in [6.45, 7) is 3.91. The minimum absolute atomic E-state index is 0.0667. The molecule has 0 aliphatic heterocycles. The Labute approximate surface area is 109 Å². The minimum Gasteiger partial charge on any atom is -0.228 e. The maximum atomic E-state index is 12.2. The van der Waals surface area contributed by atoms with Crippen molar-refractivity contribution in [2.24, 2.45) is 0 Å². The summed E-state index contributed by atoms with van der Waals surface area (Å²) in [6, 6.07) is 8.77. The third-order valence-corrected chi connectivity index (χ3v) is 5.35. The highest BCUT2D eigenvalue weighted by Gasteiger charge is 2.23. The molecular weight excluding hydrogens is 246 g/mol. The van der Waals surface area contributed by atoms with Crippen molar-refractivity contribution < 1.29 is 8.42 Å². The molecule has 0 aliphatic carbocycles. The van der Waals surface area contributed by atoms with E-state index in [1.165, 1.54) is 0 Å².